The third kappa shape index (κ3) is 2.79. The molecular formula is C15H21N5O2. The zero-order valence-corrected chi connectivity index (χ0v) is 13.3. The van der Waals surface area contributed by atoms with Crippen LogP contribution in [0.25, 0.3) is 0 Å². The lowest BCUT2D eigenvalue weighted by atomic mass is 10.2. The summed E-state index contributed by atoms with van der Waals surface area (Å²) in [5.41, 5.74) is 1.07. The van der Waals surface area contributed by atoms with E-state index in [9.17, 15) is 0 Å². The maximum atomic E-state index is 5.56. The minimum absolute atomic E-state index is 0.0998. The number of nitrogens with zero attached hydrogens (tertiary/aromatic N) is 4. The molecule has 2 aliphatic rings. The first-order valence-electron chi connectivity index (χ1n) is 7.23. The van der Waals surface area contributed by atoms with Gasteiger partial charge in [0.2, 0.25) is 18.7 Å². The summed E-state index contributed by atoms with van der Waals surface area (Å²) in [5, 5.41) is 3.25. The number of benzene rings is 1. The van der Waals surface area contributed by atoms with Gasteiger partial charge in [-0.1, -0.05) is 12.1 Å². The Morgan fingerprint density at radius 1 is 1.18 bits per heavy atom. The van der Waals surface area contributed by atoms with Crippen LogP contribution in [0.15, 0.2) is 28.2 Å². The van der Waals surface area contributed by atoms with E-state index in [0.29, 0.717) is 6.54 Å². The van der Waals surface area contributed by atoms with E-state index in [4.69, 9.17) is 9.47 Å². The summed E-state index contributed by atoms with van der Waals surface area (Å²) in [4.78, 5) is 13.0. The van der Waals surface area contributed by atoms with Crippen LogP contribution in [0.1, 0.15) is 12.5 Å². The molecule has 22 heavy (non-hydrogen) atoms. The van der Waals surface area contributed by atoms with Gasteiger partial charge in [-0.05, 0) is 13.0 Å². The SMILES string of the molecule is CC1N=C(N(C)C)NC(N(C)Cc2cccc3c2OCO3)=N1. The van der Waals surface area contributed by atoms with Gasteiger partial charge < -0.3 is 19.3 Å². The zero-order valence-electron chi connectivity index (χ0n) is 13.3. The quantitative estimate of drug-likeness (QED) is 0.885. The minimum Gasteiger partial charge on any atom is -0.454 e. The first kappa shape index (κ1) is 14.5. The normalized spacial score (nSPS) is 19.2. The number of guanidine groups is 2. The molecule has 1 atom stereocenters. The number of para-hydroxylation sites is 1. The number of nitrogens with one attached hydrogen (secondary N) is 1. The fourth-order valence-corrected chi connectivity index (χ4v) is 2.41. The molecule has 0 amide bonds. The third-order valence-electron chi connectivity index (χ3n) is 3.51. The van der Waals surface area contributed by atoms with Gasteiger partial charge in [-0.15, -0.1) is 0 Å². The van der Waals surface area contributed by atoms with Crippen molar-refractivity contribution in [1.82, 2.24) is 15.1 Å². The van der Waals surface area contributed by atoms with Gasteiger partial charge in [0.05, 0.1) is 0 Å². The van der Waals surface area contributed by atoms with Crippen LogP contribution in [0.4, 0.5) is 0 Å². The van der Waals surface area contributed by atoms with Crippen molar-refractivity contribution in [3.05, 3.63) is 23.8 Å². The first-order chi connectivity index (χ1) is 10.5. The second-order valence-electron chi connectivity index (χ2n) is 5.56. The fraction of sp³-hybridized carbons (Fsp3) is 0.467. The van der Waals surface area contributed by atoms with Gasteiger partial charge in [0.1, 0.15) is 6.17 Å². The minimum atomic E-state index is -0.0998. The van der Waals surface area contributed by atoms with Gasteiger partial charge in [0, 0.05) is 33.3 Å². The van der Waals surface area contributed by atoms with Crippen molar-refractivity contribution in [1.29, 1.82) is 0 Å². The standard InChI is InChI=1S/C15H21N5O2/c1-10-16-14(19(2)3)18-15(17-10)20(4)8-11-6-5-7-12-13(11)22-9-21-12/h5-7,10H,8-9H2,1-4H3,(H,16,17,18). The summed E-state index contributed by atoms with van der Waals surface area (Å²) in [6.45, 7) is 2.92. The predicted molar refractivity (Wildman–Crippen MR) is 85.2 cm³/mol. The van der Waals surface area contributed by atoms with E-state index in [1.807, 2.05) is 56.1 Å². The van der Waals surface area contributed by atoms with Gasteiger partial charge in [-0.3, -0.25) is 5.32 Å². The Balaban J connectivity index is 1.75. The molecule has 1 unspecified atom stereocenters. The monoisotopic (exact) mass is 303 g/mol. The van der Waals surface area contributed by atoms with Gasteiger partial charge in [-0.25, -0.2) is 9.98 Å². The third-order valence-corrected chi connectivity index (χ3v) is 3.51. The highest BCUT2D eigenvalue weighted by atomic mass is 16.7. The lowest BCUT2D eigenvalue weighted by Gasteiger charge is -2.29. The fourth-order valence-electron chi connectivity index (χ4n) is 2.41. The molecule has 0 spiro atoms. The average Bonchev–Trinajstić information content (AvgIpc) is 2.96. The van der Waals surface area contributed by atoms with Crippen LogP contribution in [0.3, 0.4) is 0 Å². The van der Waals surface area contributed by atoms with E-state index < -0.39 is 0 Å². The van der Waals surface area contributed by atoms with Crippen LogP contribution in [0.5, 0.6) is 11.5 Å². The Hall–Kier alpha value is -2.44. The molecule has 118 valence electrons. The summed E-state index contributed by atoms with van der Waals surface area (Å²) < 4.78 is 11.0. The van der Waals surface area contributed by atoms with Gasteiger partial charge >= 0.3 is 0 Å². The molecule has 7 heteroatoms. The highest BCUT2D eigenvalue weighted by molar-refractivity contribution is 5.99. The summed E-state index contributed by atoms with van der Waals surface area (Å²) in [6, 6.07) is 5.93. The van der Waals surface area contributed by atoms with E-state index in [0.717, 1.165) is 29.0 Å². The molecule has 0 fully saturated rings. The second-order valence-corrected chi connectivity index (χ2v) is 5.56. The van der Waals surface area contributed by atoms with Crippen molar-refractivity contribution in [2.45, 2.75) is 19.6 Å². The smallest absolute Gasteiger partial charge is 0.231 e. The van der Waals surface area contributed by atoms with Crippen molar-refractivity contribution in [2.75, 3.05) is 27.9 Å². The lowest BCUT2D eigenvalue weighted by Crippen LogP contribution is -2.49. The molecule has 2 heterocycles. The van der Waals surface area contributed by atoms with Crippen molar-refractivity contribution in [3.8, 4) is 11.5 Å². The van der Waals surface area contributed by atoms with Gasteiger partial charge in [0.15, 0.2) is 11.5 Å². The highest BCUT2D eigenvalue weighted by Gasteiger charge is 2.21. The molecule has 0 radical (unpaired) electrons. The van der Waals surface area contributed by atoms with Crippen LogP contribution in [-0.2, 0) is 6.54 Å². The van der Waals surface area contributed by atoms with Gasteiger partial charge in [-0.2, -0.15) is 0 Å². The second kappa shape index (κ2) is 5.75. The average molecular weight is 303 g/mol. The molecule has 0 saturated heterocycles. The van der Waals surface area contributed by atoms with E-state index in [-0.39, 0.29) is 13.0 Å². The van der Waals surface area contributed by atoms with Crippen molar-refractivity contribution < 1.29 is 9.47 Å². The molecule has 3 rings (SSSR count). The van der Waals surface area contributed by atoms with Crippen LogP contribution in [0, 0.1) is 0 Å². The molecule has 0 bridgehead atoms. The van der Waals surface area contributed by atoms with Crippen molar-refractivity contribution in [2.24, 2.45) is 9.98 Å². The van der Waals surface area contributed by atoms with Crippen LogP contribution < -0.4 is 14.8 Å². The first-order valence-corrected chi connectivity index (χ1v) is 7.23. The van der Waals surface area contributed by atoms with Gasteiger partial charge in [0.25, 0.3) is 0 Å². The van der Waals surface area contributed by atoms with Crippen molar-refractivity contribution in [3.63, 3.8) is 0 Å². The van der Waals surface area contributed by atoms with E-state index >= 15 is 0 Å². The number of fused-ring (bicyclic) bond motifs is 1. The Morgan fingerprint density at radius 2 is 1.95 bits per heavy atom. The maximum absolute atomic E-state index is 5.56. The van der Waals surface area contributed by atoms with E-state index in [1.54, 1.807) is 0 Å². The topological polar surface area (TPSA) is 61.7 Å². The Labute approximate surface area is 130 Å². The summed E-state index contributed by atoms with van der Waals surface area (Å²) in [5.74, 6) is 3.22. The zero-order chi connectivity index (χ0) is 15.7. The van der Waals surface area contributed by atoms with Crippen molar-refractivity contribution >= 4 is 11.9 Å². The summed E-state index contributed by atoms with van der Waals surface area (Å²) in [7, 11) is 5.90. The van der Waals surface area contributed by atoms with Crippen LogP contribution >= 0.6 is 0 Å². The highest BCUT2D eigenvalue weighted by Crippen LogP contribution is 2.35. The largest absolute Gasteiger partial charge is 0.454 e. The molecule has 0 aromatic heterocycles. The molecule has 0 saturated carbocycles. The van der Waals surface area contributed by atoms with Crippen LogP contribution in [0.2, 0.25) is 0 Å². The maximum Gasteiger partial charge on any atom is 0.231 e. The van der Waals surface area contributed by atoms with E-state index in [2.05, 4.69) is 15.3 Å². The Kier molecular flexibility index (Phi) is 3.79. The number of ether oxygens (including phenoxy) is 2. The Morgan fingerprint density at radius 3 is 2.73 bits per heavy atom. The van der Waals surface area contributed by atoms with Crippen LogP contribution in [-0.4, -0.2) is 55.8 Å². The number of hydrogen-bond donors (Lipinski definition) is 1. The molecule has 1 aromatic carbocycles. The molecule has 1 N–H and O–H groups in total. The lowest BCUT2D eigenvalue weighted by molar-refractivity contribution is 0.173. The predicted octanol–water partition coefficient (Wildman–Crippen LogP) is 1.07. The molecule has 2 aliphatic heterocycles. The summed E-state index contributed by atoms with van der Waals surface area (Å²) >= 11 is 0. The Bertz CT molecular complexity index is 626. The molecular weight excluding hydrogens is 282 g/mol. The number of rotatable bonds is 2. The number of hydrogen-bond acceptors (Lipinski definition) is 7. The molecule has 7 nitrogen and oxygen atoms in total. The van der Waals surface area contributed by atoms with E-state index in [1.165, 1.54) is 0 Å². The molecule has 0 aliphatic carbocycles. The number of aliphatic imine (C=N–C) groups is 2. The molecule has 1 aromatic rings. The summed E-state index contributed by atoms with van der Waals surface area (Å²) in [6.07, 6.45) is -0.0998.